The molecule has 1 saturated heterocycles. The first-order valence-corrected chi connectivity index (χ1v) is 10.0. The Hall–Kier alpha value is -2.36. The van der Waals surface area contributed by atoms with Crippen molar-refractivity contribution in [1.82, 2.24) is 10.2 Å². The normalized spacial score (nSPS) is 20.0. The Kier molecular flexibility index (Phi) is 7.91. The van der Waals surface area contributed by atoms with Crippen LogP contribution in [0.1, 0.15) is 51.7 Å². The van der Waals surface area contributed by atoms with E-state index in [1.165, 1.54) is 4.90 Å². The van der Waals surface area contributed by atoms with Crippen LogP contribution >= 0.6 is 0 Å². The Morgan fingerprint density at radius 1 is 1.23 bits per heavy atom. The lowest BCUT2D eigenvalue weighted by Crippen LogP contribution is -2.57. The fourth-order valence-corrected chi connectivity index (χ4v) is 3.29. The summed E-state index contributed by atoms with van der Waals surface area (Å²) in [5.41, 5.74) is -2.03. The van der Waals surface area contributed by atoms with Crippen molar-refractivity contribution >= 4 is 12.0 Å². The van der Waals surface area contributed by atoms with Crippen LogP contribution in [0, 0.1) is 5.82 Å². The van der Waals surface area contributed by atoms with Gasteiger partial charge in [-0.05, 0) is 58.7 Å². The maximum Gasteiger partial charge on any atom is 0.416 e. The zero-order valence-electron chi connectivity index (χ0n) is 18.0. The standard InChI is InChI=1S/C21H28F4N2O4/c1-5-30-12-15-7-9-17(26-19(29)31-20(2,3)4)18(28)27(15)11-13-10-14(21(23,24)25)6-8-16(13)22/h6,8,10,15,17H,5,7,9,11-12H2,1-4H3,(H,26,29)/t15-,17?/m0/s1. The van der Waals surface area contributed by atoms with Crippen LogP contribution in [0.15, 0.2) is 18.2 Å². The van der Waals surface area contributed by atoms with Gasteiger partial charge in [0.15, 0.2) is 0 Å². The number of rotatable bonds is 6. The quantitative estimate of drug-likeness (QED) is 0.661. The zero-order chi connectivity index (χ0) is 23.4. The van der Waals surface area contributed by atoms with Crippen molar-refractivity contribution in [3.8, 4) is 0 Å². The van der Waals surface area contributed by atoms with Gasteiger partial charge in [-0.3, -0.25) is 4.79 Å². The molecule has 1 unspecified atom stereocenters. The highest BCUT2D eigenvalue weighted by Crippen LogP contribution is 2.31. The Balaban J connectivity index is 2.25. The van der Waals surface area contributed by atoms with Gasteiger partial charge in [-0.25, -0.2) is 9.18 Å². The molecule has 6 nitrogen and oxygen atoms in total. The smallest absolute Gasteiger partial charge is 0.416 e. The van der Waals surface area contributed by atoms with E-state index in [0.717, 1.165) is 6.07 Å². The minimum absolute atomic E-state index is 0.155. The Labute approximate surface area is 178 Å². The van der Waals surface area contributed by atoms with Gasteiger partial charge in [-0.2, -0.15) is 13.2 Å². The Morgan fingerprint density at radius 3 is 2.48 bits per heavy atom. The molecule has 1 fully saturated rings. The first kappa shape index (κ1) is 24.9. The van der Waals surface area contributed by atoms with E-state index in [2.05, 4.69) is 5.32 Å². The number of likely N-dealkylation sites (tertiary alicyclic amines) is 1. The zero-order valence-corrected chi connectivity index (χ0v) is 18.0. The first-order chi connectivity index (χ1) is 14.3. The molecule has 0 saturated carbocycles. The molecule has 174 valence electrons. The number of amides is 2. The number of alkyl halides is 3. The summed E-state index contributed by atoms with van der Waals surface area (Å²) in [7, 11) is 0. The average Bonchev–Trinajstić information content (AvgIpc) is 2.63. The van der Waals surface area contributed by atoms with Gasteiger partial charge in [0.2, 0.25) is 5.91 Å². The summed E-state index contributed by atoms with van der Waals surface area (Å²) in [4.78, 5) is 26.4. The summed E-state index contributed by atoms with van der Waals surface area (Å²) in [5, 5.41) is 2.50. The molecule has 1 N–H and O–H groups in total. The minimum Gasteiger partial charge on any atom is -0.444 e. The van der Waals surface area contributed by atoms with Crippen LogP contribution in [-0.4, -0.2) is 47.8 Å². The topological polar surface area (TPSA) is 67.9 Å². The van der Waals surface area contributed by atoms with E-state index < -0.39 is 47.2 Å². The molecule has 0 radical (unpaired) electrons. The lowest BCUT2D eigenvalue weighted by atomic mass is 9.96. The van der Waals surface area contributed by atoms with Gasteiger partial charge in [0.05, 0.1) is 18.2 Å². The molecule has 0 aliphatic carbocycles. The number of nitrogens with one attached hydrogen (secondary N) is 1. The van der Waals surface area contributed by atoms with Gasteiger partial charge in [0.25, 0.3) is 0 Å². The molecular formula is C21H28F4N2O4. The number of ether oxygens (including phenoxy) is 2. The summed E-state index contributed by atoms with van der Waals surface area (Å²) in [5.74, 6) is -1.38. The molecular weight excluding hydrogens is 420 g/mol. The van der Waals surface area contributed by atoms with Crippen molar-refractivity contribution in [1.29, 1.82) is 0 Å². The highest BCUT2D eigenvalue weighted by atomic mass is 19.4. The number of benzene rings is 1. The third-order valence-electron chi connectivity index (χ3n) is 4.73. The molecule has 1 heterocycles. The summed E-state index contributed by atoms with van der Waals surface area (Å²) in [6.07, 6.45) is -4.69. The van der Waals surface area contributed by atoms with Crippen LogP contribution in [0.2, 0.25) is 0 Å². The van der Waals surface area contributed by atoms with Crippen molar-refractivity contribution in [2.75, 3.05) is 13.2 Å². The Morgan fingerprint density at radius 2 is 1.90 bits per heavy atom. The molecule has 1 aromatic carbocycles. The second-order valence-electron chi connectivity index (χ2n) is 8.36. The number of hydrogen-bond acceptors (Lipinski definition) is 4. The highest BCUT2D eigenvalue weighted by molar-refractivity contribution is 5.86. The van der Waals surface area contributed by atoms with E-state index in [9.17, 15) is 27.2 Å². The Bertz CT molecular complexity index is 793. The average molecular weight is 448 g/mol. The molecule has 1 aliphatic rings. The number of carbonyl (C=O) groups is 2. The van der Waals surface area contributed by atoms with E-state index >= 15 is 0 Å². The van der Waals surface area contributed by atoms with Crippen LogP contribution in [0.4, 0.5) is 22.4 Å². The number of alkyl carbamates (subject to hydrolysis) is 1. The van der Waals surface area contributed by atoms with Crippen molar-refractivity contribution in [3.05, 3.63) is 35.1 Å². The van der Waals surface area contributed by atoms with E-state index in [4.69, 9.17) is 9.47 Å². The summed E-state index contributed by atoms with van der Waals surface area (Å²) in [6, 6.07) is 0.701. The molecule has 0 bridgehead atoms. The number of piperidine rings is 1. The highest BCUT2D eigenvalue weighted by Gasteiger charge is 2.38. The molecule has 2 atom stereocenters. The van der Waals surface area contributed by atoms with Gasteiger partial charge in [-0.1, -0.05) is 0 Å². The van der Waals surface area contributed by atoms with E-state index in [0.29, 0.717) is 31.6 Å². The van der Waals surface area contributed by atoms with Crippen molar-refractivity contribution in [2.24, 2.45) is 0 Å². The van der Waals surface area contributed by atoms with Crippen LogP contribution in [0.5, 0.6) is 0 Å². The maximum atomic E-state index is 14.3. The summed E-state index contributed by atoms with van der Waals surface area (Å²) in [6.45, 7) is 6.97. The van der Waals surface area contributed by atoms with Crippen molar-refractivity contribution in [2.45, 2.75) is 70.9 Å². The second kappa shape index (κ2) is 9.84. The number of nitrogens with zero attached hydrogens (tertiary/aromatic N) is 1. The maximum absolute atomic E-state index is 14.3. The van der Waals surface area contributed by atoms with Gasteiger partial charge in [0.1, 0.15) is 17.5 Å². The van der Waals surface area contributed by atoms with Gasteiger partial charge in [-0.15, -0.1) is 0 Å². The summed E-state index contributed by atoms with van der Waals surface area (Å²) < 4.78 is 64.0. The van der Waals surface area contributed by atoms with E-state index in [1.54, 1.807) is 27.7 Å². The van der Waals surface area contributed by atoms with Gasteiger partial charge in [0, 0.05) is 18.7 Å². The molecule has 0 aromatic heterocycles. The summed E-state index contributed by atoms with van der Waals surface area (Å²) >= 11 is 0. The first-order valence-electron chi connectivity index (χ1n) is 10.0. The fourth-order valence-electron chi connectivity index (χ4n) is 3.29. The lowest BCUT2D eigenvalue weighted by Gasteiger charge is -2.39. The van der Waals surface area contributed by atoms with Crippen LogP contribution < -0.4 is 5.32 Å². The van der Waals surface area contributed by atoms with Crippen LogP contribution in [0.25, 0.3) is 0 Å². The molecule has 2 amide bonds. The monoisotopic (exact) mass is 448 g/mol. The molecule has 2 rings (SSSR count). The van der Waals surface area contributed by atoms with E-state index in [-0.39, 0.29) is 18.7 Å². The molecule has 31 heavy (non-hydrogen) atoms. The molecule has 1 aliphatic heterocycles. The van der Waals surface area contributed by atoms with Crippen LogP contribution in [-0.2, 0) is 27.0 Å². The van der Waals surface area contributed by atoms with Crippen molar-refractivity contribution in [3.63, 3.8) is 0 Å². The predicted octanol–water partition coefficient (Wildman–Crippen LogP) is 4.27. The molecule has 0 spiro atoms. The predicted molar refractivity (Wildman–Crippen MR) is 105 cm³/mol. The largest absolute Gasteiger partial charge is 0.444 e. The lowest BCUT2D eigenvalue weighted by molar-refractivity contribution is -0.142. The fraction of sp³-hybridized carbons (Fsp3) is 0.619. The number of carbonyl (C=O) groups excluding carboxylic acids is 2. The number of hydrogen-bond donors (Lipinski definition) is 1. The SMILES string of the molecule is CCOC[C@@H]1CCC(NC(=O)OC(C)(C)C)C(=O)N1Cc1cc(C(F)(F)F)ccc1F. The molecule has 10 heteroatoms. The minimum atomic E-state index is -4.64. The third kappa shape index (κ3) is 7.09. The number of halogens is 4. The molecule has 1 aromatic rings. The van der Waals surface area contributed by atoms with E-state index in [1.807, 2.05) is 0 Å². The van der Waals surface area contributed by atoms with Gasteiger partial charge < -0.3 is 19.7 Å². The van der Waals surface area contributed by atoms with Crippen molar-refractivity contribution < 1.29 is 36.6 Å². The second-order valence-corrected chi connectivity index (χ2v) is 8.36. The van der Waals surface area contributed by atoms with Gasteiger partial charge >= 0.3 is 12.3 Å². The third-order valence-corrected chi connectivity index (χ3v) is 4.73. The van der Waals surface area contributed by atoms with Crippen LogP contribution in [0.3, 0.4) is 0 Å².